The molecule has 1 rings (SSSR count). The molecule has 1 aliphatic heterocycles. The van der Waals surface area contributed by atoms with Crippen molar-refractivity contribution in [1.29, 1.82) is 0 Å². The summed E-state index contributed by atoms with van der Waals surface area (Å²) in [6.45, 7) is 5.36. The highest BCUT2D eigenvalue weighted by Crippen LogP contribution is 2.31. The number of carboxylic acids is 1. The monoisotopic (exact) mass is 242 g/mol. The smallest absolute Gasteiger partial charge is 0.305 e. The van der Waals surface area contributed by atoms with Crippen LogP contribution in [0.5, 0.6) is 0 Å². The molecule has 3 N–H and O–H groups in total. The van der Waals surface area contributed by atoms with Crippen LogP contribution in [0.2, 0.25) is 0 Å². The van der Waals surface area contributed by atoms with E-state index in [0.717, 1.165) is 25.8 Å². The van der Waals surface area contributed by atoms with Gasteiger partial charge in [-0.15, -0.1) is 0 Å². The van der Waals surface area contributed by atoms with Gasteiger partial charge in [0.05, 0.1) is 11.8 Å². The molecule has 17 heavy (non-hydrogen) atoms. The number of carbonyl (C=O) groups excluding carboxylic acids is 1. The van der Waals surface area contributed by atoms with Crippen molar-refractivity contribution in [3.8, 4) is 0 Å². The lowest BCUT2D eigenvalue weighted by Crippen LogP contribution is -2.46. The van der Waals surface area contributed by atoms with E-state index in [0.29, 0.717) is 6.54 Å². The third kappa shape index (κ3) is 3.70. The highest BCUT2D eigenvalue weighted by Gasteiger charge is 2.40. The van der Waals surface area contributed by atoms with E-state index in [2.05, 4.69) is 17.6 Å². The SMILES string of the molecule is CCCC1(C(=O)NC(C)CC(=O)O)CCNC1. The van der Waals surface area contributed by atoms with Crippen molar-refractivity contribution in [2.45, 2.75) is 45.6 Å². The third-order valence-corrected chi connectivity index (χ3v) is 3.31. The quantitative estimate of drug-likeness (QED) is 0.642. The summed E-state index contributed by atoms with van der Waals surface area (Å²) < 4.78 is 0. The number of hydrogen-bond donors (Lipinski definition) is 3. The first kappa shape index (κ1) is 14.0. The first-order valence-corrected chi connectivity index (χ1v) is 6.23. The third-order valence-electron chi connectivity index (χ3n) is 3.31. The molecule has 0 aromatic carbocycles. The van der Waals surface area contributed by atoms with Gasteiger partial charge >= 0.3 is 5.97 Å². The predicted molar refractivity (Wildman–Crippen MR) is 64.7 cm³/mol. The van der Waals surface area contributed by atoms with Crippen LogP contribution in [-0.2, 0) is 9.59 Å². The normalized spacial score (nSPS) is 25.5. The highest BCUT2D eigenvalue weighted by molar-refractivity contribution is 5.84. The molecule has 5 heteroatoms. The van der Waals surface area contributed by atoms with Gasteiger partial charge in [0.2, 0.25) is 5.91 Å². The summed E-state index contributed by atoms with van der Waals surface area (Å²) in [5, 5.41) is 14.7. The van der Waals surface area contributed by atoms with E-state index in [1.807, 2.05) is 0 Å². The molecule has 0 aromatic heterocycles. The molecule has 1 saturated heterocycles. The van der Waals surface area contributed by atoms with Crippen LogP contribution < -0.4 is 10.6 Å². The maximum Gasteiger partial charge on any atom is 0.305 e. The number of aliphatic carboxylic acids is 1. The molecule has 0 aliphatic carbocycles. The van der Waals surface area contributed by atoms with Gasteiger partial charge in [-0.3, -0.25) is 9.59 Å². The molecule has 0 radical (unpaired) electrons. The van der Waals surface area contributed by atoms with Gasteiger partial charge in [0.25, 0.3) is 0 Å². The molecular formula is C12H22N2O3. The molecule has 5 nitrogen and oxygen atoms in total. The van der Waals surface area contributed by atoms with E-state index in [9.17, 15) is 9.59 Å². The number of nitrogens with one attached hydrogen (secondary N) is 2. The van der Waals surface area contributed by atoms with E-state index in [1.165, 1.54) is 0 Å². The van der Waals surface area contributed by atoms with Crippen LogP contribution >= 0.6 is 0 Å². The maximum atomic E-state index is 12.2. The van der Waals surface area contributed by atoms with E-state index in [-0.39, 0.29) is 23.8 Å². The summed E-state index contributed by atoms with van der Waals surface area (Å²) >= 11 is 0. The molecule has 1 fully saturated rings. The van der Waals surface area contributed by atoms with Crippen LogP contribution in [0.25, 0.3) is 0 Å². The van der Waals surface area contributed by atoms with Crippen LogP contribution in [0.15, 0.2) is 0 Å². The number of carbonyl (C=O) groups is 2. The molecule has 1 aliphatic rings. The fraction of sp³-hybridized carbons (Fsp3) is 0.833. The summed E-state index contributed by atoms with van der Waals surface area (Å²) in [4.78, 5) is 22.8. The summed E-state index contributed by atoms with van der Waals surface area (Å²) in [7, 11) is 0. The van der Waals surface area contributed by atoms with Gasteiger partial charge < -0.3 is 15.7 Å². The fourth-order valence-electron chi connectivity index (χ4n) is 2.43. The molecule has 2 atom stereocenters. The molecule has 0 saturated carbocycles. The van der Waals surface area contributed by atoms with Crippen molar-refractivity contribution in [2.75, 3.05) is 13.1 Å². The van der Waals surface area contributed by atoms with Crippen molar-refractivity contribution in [2.24, 2.45) is 5.41 Å². The van der Waals surface area contributed by atoms with Crippen LogP contribution in [0.4, 0.5) is 0 Å². The average molecular weight is 242 g/mol. The molecule has 0 spiro atoms. The Labute approximate surface area is 102 Å². The van der Waals surface area contributed by atoms with Crippen LogP contribution in [0, 0.1) is 5.41 Å². The molecule has 1 heterocycles. The largest absolute Gasteiger partial charge is 0.481 e. The van der Waals surface area contributed by atoms with Crippen LogP contribution in [-0.4, -0.2) is 36.1 Å². The number of amides is 1. The summed E-state index contributed by atoms with van der Waals surface area (Å²) in [5.74, 6) is -0.884. The molecule has 0 bridgehead atoms. The Hall–Kier alpha value is -1.10. The van der Waals surface area contributed by atoms with E-state index >= 15 is 0 Å². The van der Waals surface area contributed by atoms with Crippen molar-refractivity contribution in [1.82, 2.24) is 10.6 Å². The number of carboxylic acid groups (broad SMARTS) is 1. The van der Waals surface area contributed by atoms with Crippen LogP contribution in [0.3, 0.4) is 0 Å². The molecule has 2 unspecified atom stereocenters. The minimum Gasteiger partial charge on any atom is -0.481 e. The zero-order valence-corrected chi connectivity index (χ0v) is 10.6. The second-order valence-corrected chi connectivity index (χ2v) is 4.93. The summed E-state index contributed by atoms with van der Waals surface area (Å²) in [5.41, 5.74) is -0.332. The highest BCUT2D eigenvalue weighted by atomic mass is 16.4. The minimum absolute atomic E-state index is 0.00176. The Balaban J connectivity index is 2.57. The molecule has 0 aromatic rings. The number of rotatable bonds is 6. The van der Waals surface area contributed by atoms with E-state index in [1.54, 1.807) is 6.92 Å². The Morgan fingerprint density at radius 3 is 2.71 bits per heavy atom. The average Bonchev–Trinajstić information content (AvgIpc) is 2.66. The van der Waals surface area contributed by atoms with Gasteiger partial charge in [-0.25, -0.2) is 0 Å². The Kier molecular flexibility index (Phi) is 4.93. The maximum absolute atomic E-state index is 12.2. The molecule has 1 amide bonds. The van der Waals surface area contributed by atoms with Gasteiger partial charge in [-0.05, 0) is 26.3 Å². The Morgan fingerprint density at radius 1 is 1.53 bits per heavy atom. The number of hydrogen-bond acceptors (Lipinski definition) is 3. The Morgan fingerprint density at radius 2 is 2.24 bits per heavy atom. The van der Waals surface area contributed by atoms with Gasteiger partial charge in [0.15, 0.2) is 0 Å². The van der Waals surface area contributed by atoms with Crippen molar-refractivity contribution >= 4 is 11.9 Å². The molecule has 98 valence electrons. The van der Waals surface area contributed by atoms with E-state index in [4.69, 9.17) is 5.11 Å². The van der Waals surface area contributed by atoms with Crippen molar-refractivity contribution < 1.29 is 14.7 Å². The van der Waals surface area contributed by atoms with Crippen molar-refractivity contribution in [3.63, 3.8) is 0 Å². The summed E-state index contributed by atoms with van der Waals surface area (Å²) in [6, 6.07) is -0.311. The zero-order chi connectivity index (χ0) is 12.9. The standard InChI is InChI=1S/C12H22N2O3/c1-3-4-12(5-6-13-8-12)11(17)14-9(2)7-10(15)16/h9,13H,3-8H2,1-2H3,(H,14,17)(H,15,16). The zero-order valence-electron chi connectivity index (χ0n) is 10.6. The summed E-state index contributed by atoms with van der Waals surface area (Å²) in [6.07, 6.45) is 2.63. The van der Waals surface area contributed by atoms with Gasteiger partial charge in [0, 0.05) is 12.6 Å². The second-order valence-electron chi connectivity index (χ2n) is 4.93. The van der Waals surface area contributed by atoms with Gasteiger partial charge in [0.1, 0.15) is 0 Å². The predicted octanol–water partition coefficient (Wildman–Crippen LogP) is 0.746. The lowest BCUT2D eigenvalue weighted by molar-refractivity contribution is -0.138. The lowest BCUT2D eigenvalue weighted by Gasteiger charge is -2.28. The topological polar surface area (TPSA) is 78.4 Å². The molecular weight excluding hydrogens is 220 g/mol. The first-order chi connectivity index (χ1) is 8.00. The Bertz CT molecular complexity index is 285. The first-order valence-electron chi connectivity index (χ1n) is 6.23. The second kappa shape index (κ2) is 6.00. The lowest BCUT2D eigenvalue weighted by atomic mass is 9.81. The van der Waals surface area contributed by atoms with E-state index < -0.39 is 5.97 Å². The fourth-order valence-corrected chi connectivity index (χ4v) is 2.43. The van der Waals surface area contributed by atoms with Crippen LogP contribution in [0.1, 0.15) is 39.5 Å². The van der Waals surface area contributed by atoms with Gasteiger partial charge in [-0.1, -0.05) is 13.3 Å². The van der Waals surface area contributed by atoms with Crippen molar-refractivity contribution in [3.05, 3.63) is 0 Å². The minimum atomic E-state index is -0.883. The van der Waals surface area contributed by atoms with Gasteiger partial charge in [-0.2, -0.15) is 0 Å².